The predicted molar refractivity (Wildman–Crippen MR) is 72.6 cm³/mol. The minimum atomic E-state index is -0.587. The molecule has 0 spiro atoms. The summed E-state index contributed by atoms with van der Waals surface area (Å²) in [5.41, 5.74) is 5.83. The molecular weight excluding hydrogens is 262 g/mol. The maximum atomic E-state index is 11.2. The number of carbonyl (C=O) groups excluding carboxylic acids is 2. The lowest BCUT2D eigenvalue weighted by Crippen LogP contribution is -2.41. The van der Waals surface area contributed by atoms with Crippen LogP contribution in [0.5, 0.6) is 0 Å². The summed E-state index contributed by atoms with van der Waals surface area (Å²) in [6.45, 7) is 1.21. The lowest BCUT2D eigenvalue weighted by Gasteiger charge is -2.33. The van der Waals surface area contributed by atoms with E-state index < -0.39 is 4.92 Å². The van der Waals surface area contributed by atoms with Crippen LogP contribution in [-0.4, -0.2) is 30.2 Å². The number of rotatable bonds is 4. The minimum Gasteiger partial charge on any atom is -0.371 e. The third-order valence-corrected chi connectivity index (χ3v) is 3.52. The SMILES string of the molecule is NC(=O)C1CCCN(c2ccc([N+](=O)[O-])c(C=O)c2)C1. The molecule has 7 nitrogen and oxygen atoms in total. The number of hydrogen-bond donors (Lipinski definition) is 1. The van der Waals surface area contributed by atoms with Crippen LogP contribution in [-0.2, 0) is 4.79 Å². The highest BCUT2D eigenvalue weighted by atomic mass is 16.6. The van der Waals surface area contributed by atoms with Crippen molar-refractivity contribution in [1.29, 1.82) is 0 Å². The number of nitrogens with two attached hydrogens (primary N) is 1. The molecule has 1 amide bonds. The molecule has 1 saturated heterocycles. The number of aldehydes is 1. The van der Waals surface area contributed by atoms with E-state index >= 15 is 0 Å². The summed E-state index contributed by atoms with van der Waals surface area (Å²) in [7, 11) is 0. The van der Waals surface area contributed by atoms with Crippen LogP contribution in [0.25, 0.3) is 0 Å². The van der Waals surface area contributed by atoms with Gasteiger partial charge in [0.05, 0.1) is 16.4 Å². The van der Waals surface area contributed by atoms with Gasteiger partial charge in [-0.1, -0.05) is 0 Å². The van der Waals surface area contributed by atoms with Crippen LogP contribution in [0.1, 0.15) is 23.2 Å². The number of primary amides is 1. The van der Waals surface area contributed by atoms with Gasteiger partial charge in [0, 0.05) is 24.8 Å². The van der Waals surface area contributed by atoms with Crippen LogP contribution in [0.2, 0.25) is 0 Å². The zero-order chi connectivity index (χ0) is 14.7. The molecule has 1 aliphatic heterocycles. The molecule has 1 atom stereocenters. The van der Waals surface area contributed by atoms with Gasteiger partial charge in [-0.2, -0.15) is 0 Å². The average molecular weight is 277 g/mol. The Bertz CT molecular complexity index is 559. The molecule has 1 aromatic carbocycles. The van der Waals surface area contributed by atoms with E-state index in [0.717, 1.165) is 19.4 Å². The summed E-state index contributed by atoms with van der Waals surface area (Å²) in [6.07, 6.45) is 2.04. The number of benzene rings is 1. The Labute approximate surface area is 115 Å². The molecule has 106 valence electrons. The maximum Gasteiger partial charge on any atom is 0.280 e. The van der Waals surface area contributed by atoms with Crippen molar-refractivity contribution in [2.75, 3.05) is 18.0 Å². The van der Waals surface area contributed by atoms with Crippen LogP contribution >= 0.6 is 0 Å². The summed E-state index contributed by atoms with van der Waals surface area (Å²) in [5.74, 6) is -0.564. The molecule has 0 radical (unpaired) electrons. The standard InChI is InChI=1S/C13H15N3O4/c14-13(18)9-2-1-5-15(7-9)11-3-4-12(16(19)20)10(6-11)8-17/h3-4,6,8-9H,1-2,5,7H2,(H2,14,18). The Kier molecular flexibility index (Phi) is 3.97. The maximum absolute atomic E-state index is 11.2. The lowest BCUT2D eigenvalue weighted by molar-refractivity contribution is -0.385. The first-order valence-electron chi connectivity index (χ1n) is 6.31. The zero-order valence-electron chi connectivity index (χ0n) is 10.8. The fourth-order valence-corrected chi connectivity index (χ4v) is 2.44. The van der Waals surface area contributed by atoms with Crippen molar-refractivity contribution in [3.05, 3.63) is 33.9 Å². The number of carbonyl (C=O) groups is 2. The van der Waals surface area contributed by atoms with Crippen molar-refractivity contribution in [3.63, 3.8) is 0 Å². The van der Waals surface area contributed by atoms with Crippen molar-refractivity contribution in [1.82, 2.24) is 0 Å². The van der Waals surface area contributed by atoms with Crippen LogP contribution in [0, 0.1) is 16.0 Å². The van der Waals surface area contributed by atoms with Gasteiger partial charge in [0.2, 0.25) is 5.91 Å². The van der Waals surface area contributed by atoms with Gasteiger partial charge >= 0.3 is 0 Å². The summed E-state index contributed by atoms with van der Waals surface area (Å²) in [4.78, 5) is 34.3. The predicted octanol–water partition coefficient (Wildman–Crippen LogP) is 1.11. The number of anilines is 1. The number of nitro groups is 1. The van der Waals surface area contributed by atoms with Crippen molar-refractivity contribution >= 4 is 23.6 Å². The molecule has 2 rings (SSSR count). The number of nitrogens with zero attached hydrogens (tertiary/aromatic N) is 2. The second-order valence-electron chi connectivity index (χ2n) is 4.81. The van der Waals surface area contributed by atoms with E-state index in [1.54, 1.807) is 6.07 Å². The first-order chi connectivity index (χ1) is 9.52. The van der Waals surface area contributed by atoms with E-state index in [-0.39, 0.29) is 23.1 Å². The molecule has 1 fully saturated rings. The molecule has 0 aromatic heterocycles. The van der Waals surface area contributed by atoms with Crippen molar-refractivity contribution in [2.24, 2.45) is 11.7 Å². The van der Waals surface area contributed by atoms with Gasteiger partial charge in [-0.25, -0.2) is 0 Å². The molecule has 7 heteroatoms. The number of piperidine rings is 1. The van der Waals surface area contributed by atoms with Crippen LogP contribution < -0.4 is 10.6 Å². The molecular formula is C13H15N3O4. The topological polar surface area (TPSA) is 107 Å². The Morgan fingerprint density at radius 1 is 1.50 bits per heavy atom. The third kappa shape index (κ3) is 2.76. The van der Waals surface area contributed by atoms with Gasteiger partial charge in [0.25, 0.3) is 5.69 Å². The Morgan fingerprint density at radius 2 is 2.25 bits per heavy atom. The largest absolute Gasteiger partial charge is 0.371 e. The summed E-state index contributed by atoms with van der Waals surface area (Å²) in [5, 5.41) is 10.8. The van der Waals surface area contributed by atoms with E-state index in [2.05, 4.69) is 0 Å². The molecule has 20 heavy (non-hydrogen) atoms. The van der Waals surface area contributed by atoms with Crippen molar-refractivity contribution < 1.29 is 14.5 Å². The molecule has 0 bridgehead atoms. The van der Waals surface area contributed by atoms with Gasteiger partial charge in [-0.3, -0.25) is 19.7 Å². The van der Waals surface area contributed by atoms with Crippen molar-refractivity contribution in [3.8, 4) is 0 Å². The third-order valence-electron chi connectivity index (χ3n) is 3.52. The van der Waals surface area contributed by atoms with Crippen LogP contribution in [0.4, 0.5) is 11.4 Å². The quantitative estimate of drug-likeness (QED) is 0.504. The van der Waals surface area contributed by atoms with Gasteiger partial charge < -0.3 is 10.6 Å². The highest BCUT2D eigenvalue weighted by Crippen LogP contribution is 2.27. The van der Waals surface area contributed by atoms with E-state index in [9.17, 15) is 19.7 Å². The fourth-order valence-electron chi connectivity index (χ4n) is 2.44. The van der Waals surface area contributed by atoms with Crippen molar-refractivity contribution in [2.45, 2.75) is 12.8 Å². The molecule has 1 aliphatic rings. The molecule has 0 saturated carbocycles. The summed E-state index contributed by atoms with van der Waals surface area (Å²) >= 11 is 0. The second kappa shape index (κ2) is 5.68. The average Bonchev–Trinajstić information content (AvgIpc) is 2.46. The number of hydrogen-bond acceptors (Lipinski definition) is 5. The molecule has 1 unspecified atom stereocenters. The molecule has 0 aliphatic carbocycles. The van der Waals surface area contributed by atoms with Crippen LogP contribution in [0.3, 0.4) is 0 Å². The Hall–Kier alpha value is -2.44. The zero-order valence-corrected chi connectivity index (χ0v) is 10.8. The van der Waals surface area contributed by atoms with E-state index in [1.807, 2.05) is 4.90 Å². The normalized spacial score (nSPS) is 18.6. The highest BCUT2D eigenvalue weighted by molar-refractivity contribution is 5.84. The lowest BCUT2D eigenvalue weighted by atomic mass is 9.97. The first-order valence-corrected chi connectivity index (χ1v) is 6.31. The number of nitro benzene ring substituents is 1. The van der Waals surface area contributed by atoms with Gasteiger partial charge in [-0.05, 0) is 25.0 Å². The minimum absolute atomic E-state index is 0.0358. The van der Waals surface area contributed by atoms with E-state index in [1.165, 1.54) is 12.1 Å². The Balaban J connectivity index is 2.26. The fraction of sp³-hybridized carbons (Fsp3) is 0.385. The second-order valence-corrected chi connectivity index (χ2v) is 4.81. The van der Waals surface area contributed by atoms with E-state index in [4.69, 9.17) is 5.73 Å². The van der Waals surface area contributed by atoms with E-state index in [0.29, 0.717) is 18.5 Å². The Morgan fingerprint density at radius 3 is 2.85 bits per heavy atom. The monoisotopic (exact) mass is 277 g/mol. The summed E-state index contributed by atoms with van der Waals surface area (Å²) in [6, 6.07) is 4.38. The highest BCUT2D eigenvalue weighted by Gasteiger charge is 2.25. The summed E-state index contributed by atoms with van der Waals surface area (Å²) < 4.78 is 0. The molecule has 1 heterocycles. The van der Waals surface area contributed by atoms with Gasteiger partial charge in [-0.15, -0.1) is 0 Å². The number of amides is 1. The van der Waals surface area contributed by atoms with Gasteiger partial charge in [0.1, 0.15) is 0 Å². The van der Waals surface area contributed by atoms with Gasteiger partial charge in [0.15, 0.2) is 6.29 Å². The molecule has 2 N–H and O–H groups in total. The first kappa shape index (κ1) is 14.0. The smallest absolute Gasteiger partial charge is 0.280 e. The van der Waals surface area contributed by atoms with Crippen LogP contribution in [0.15, 0.2) is 18.2 Å². The molecule has 1 aromatic rings.